The molecule has 0 spiro atoms. The summed E-state index contributed by atoms with van der Waals surface area (Å²) in [5.41, 5.74) is 0.165. The average molecular weight is 379 g/mol. The number of nitrogens with one attached hydrogen (secondary N) is 1. The Morgan fingerprint density at radius 2 is 2.23 bits per heavy atom. The van der Waals surface area contributed by atoms with Crippen LogP contribution in [0, 0.1) is 0 Å². The van der Waals surface area contributed by atoms with Crippen LogP contribution < -0.4 is 10.1 Å². The molecule has 0 radical (unpaired) electrons. The second kappa shape index (κ2) is 8.66. The van der Waals surface area contributed by atoms with Crippen LogP contribution in [0.15, 0.2) is 29.0 Å². The fourth-order valence-electron chi connectivity index (χ4n) is 2.61. The molecule has 1 fully saturated rings. The molecule has 2 aromatic heterocycles. The molecule has 2 aromatic rings. The zero-order valence-electron chi connectivity index (χ0n) is 14.1. The zero-order chi connectivity index (χ0) is 18.4. The molecule has 1 saturated heterocycles. The Morgan fingerprint density at radius 3 is 3.04 bits per heavy atom. The third-order valence-corrected chi connectivity index (χ3v) is 4.15. The highest BCUT2D eigenvalue weighted by molar-refractivity contribution is 6.30. The molecule has 0 aliphatic carbocycles. The summed E-state index contributed by atoms with van der Waals surface area (Å²) < 4.78 is 10.6. The maximum absolute atomic E-state index is 12.1. The van der Waals surface area contributed by atoms with Gasteiger partial charge in [-0.25, -0.2) is 0 Å². The number of likely N-dealkylation sites (tertiary alicyclic amines) is 1. The number of halogens is 1. The summed E-state index contributed by atoms with van der Waals surface area (Å²) in [5, 5.41) is 6.94. The molecule has 0 atom stereocenters. The quantitative estimate of drug-likeness (QED) is 0.791. The number of carbonyl (C=O) groups is 2. The van der Waals surface area contributed by atoms with E-state index in [1.165, 1.54) is 18.5 Å². The highest BCUT2D eigenvalue weighted by Crippen LogP contribution is 2.17. The van der Waals surface area contributed by atoms with Gasteiger partial charge in [0.15, 0.2) is 11.5 Å². The fraction of sp³-hybridized carbons (Fsp3) is 0.412. The van der Waals surface area contributed by atoms with Gasteiger partial charge in [0, 0.05) is 44.4 Å². The standard InChI is InChI=1S/C17H19ClN4O4/c18-12-7-13(10-19-9-12)25-11-14-8-15(21-26-14)17(24)20-4-6-22-5-2-1-3-16(22)23/h7-10H,1-6,11H2,(H,20,24). The van der Waals surface area contributed by atoms with Gasteiger partial charge in [-0.15, -0.1) is 0 Å². The average Bonchev–Trinajstić information content (AvgIpc) is 3.11. The van der Waals surface area contributed by atoms with Gasteiger partial charge in [0.2, 0.25) is 5.91 Å². The van der Waals surface area contributed by atoms with Gasteiger partial charge in [0.05, 0.1) is 11.2 Å². The van der Waals surface area contributed by atoms with Crippen molar-refractivity contribution in [2.24, 2.45) is 0 Å². The minimum Gasteiger partial charge on any atom is -0.484 e. The van der Waals surface area contributed by atoms with Gasteiger partial charge in [-0.1, -0.05) is 16.8 Å². The van der Waals surface area contributed by atoms with Gasteiger partial charge in [-0.05, 0) is 12.8 Å². The number of piperidine rings is 1. The van der Waals surface area contributed by atoms with E-state index in [2.05, 4.69) is 15.5 Å². The smallest absolute Gasteiger partial charge is 0.273 e. The summed E-state index contributed by atoms with van der Waals surface area (Å²) in [7, 11) is 0. The topological polar surface area (TPSA) is 97.6 Å². The van der Waals surface area contributed by atoms with E-state index in [0.29, 0.717) is 36.0 Å². The summed E-state index contributed by atoms with van der Waals surface area (Å²) in [6.45, 7) is 1.72. The van der Waals surface area contributed by atoms with Crippen molar-refractivity contribution in [3.63, 3.8) is 0 Å². The van der Waals surface area contributed by atoms with Gasteiger partial charge in [0.25, 0.3) is 5.91 Å². The minimum absolute atomic E-state index is 0.102. The van der Waals surface area contributed by atoms with Crippen LogP contribution in [0.25, 0.3) is 0 Å². The van der Waals surface area contributed by atoms with Gasteiger partial charge >= 0.3 is 0 Å². The van der Waals surface area contributed by atoms with Crippen molar-refractivity contribution in [1.29, 1.82) is 0 Å². The van der Waals surface area contributed by atoms with E-state index < -0.39 is 0 Å². The van der Waals surface area contributed by atoms with Crippen LogP contribution in [0.5, 0.6) is 5.75 Å². The number of aromatic nitrogens is 2. The van der Waals surface area contributed by atoms with E-state index in [1.807, 2.05) is 0 Å². The molecular formula is C17H19ClN4O4. The molecule has 1 N–H and O–H groups in total. The van der Waals surface area contributed by atoms with E-state index >= 15 is 0 Å². The summed E-state index contributed by atoms with van der Waals surface area (Å²) in [4.78, 5) is 29.5. The number of hydrogen-bond acceptors (Lipinski definition) is 6. The Labute approximate surface area is 155 Å². The van der Waals surface area contributed by atoms with Crippen molar-refractivity contribution < 1.29 is 18.8 Å². The number of nitrogens with zero attached hydrogens (tertiary/aromatic N) is 3. The Bertz CT molecular complexity index is 780. The summed E-state index contributed by atoms with van der Waals surface area (Å²) in [6, 6.07) is 3.14. The molecule has 3 heterocycles. The van der Waals surface area contributed by atoms with Gasteiger partial charge < -0.3 is 19.5 Å². The molecule has 0 bridgehead atoms. The fourth-order valence-corrected chi connectivity index (χ4v) is 2.77. The van der Waals surface area contributed by atoms with Gasteiger partial charge in [0.1, 0.15) is 12.4 Å². The van der Waals surface area contributed by atoms with Crippen LogP contribution >= 0.6 is 11.6 Å². The monoisotopic (exact) mass is 378 g/mol. The lowest BCUT2D eigenvalue weighted by Gasteiger charge is -2.26. The normalized spacial score (nSPS) is 14.3. The number of hydrogen-bond donors (Lipinski definition) is 1. The minimum atomic E-state index is -0.353. The first-order chi connectivity index (χ1) is 12.6. The Hall–Kier alpha value is -2.61. The van der Waals surface area contributed by atoms with Crippen molar-refractivity contribution in [3.8, 4) is 5.75 Å². The lowest BCUT2D eigenvalue weighted by Crippen LogP contribution is -2.41. The van der Waals surface area contributed by atoms with Crippen molar-refractivity contribution in [1.82, 2.24) is 20.4 Å². The molecule has 2 amide bonds. The van der Waals surface area contributed by atoms with Crippen LogP contribution in [0.1, 0.15) is 35.5 Å². The first kappa shape index (κ1) is 18.2. The van der Waals surface area contributed by atoms with Crippen LogP contribution in [0.2, 0.25) is 5.02 Å². The van der Waals surface area contributed by atoms with Gasteiger partial charge in [-0.2, -0.15) is 0 Å². The third kappa shape index (κ3) is 4.95. The third-order valence-electron chi connectivity index (χ3n) is 3.94. The summed E-state index contributed by atoms with van der Waals surface area (Å²) in [5.74, 6) is 0.684. The molecule has 1 aliphatic heterocycles. The number of rotatable bonds is 7. The summed E-state index contributed by atoms with van der Waals surface area (Å²) in [6.07, 6.45) is 5.56. The molecular weight excluding hydrogens is 360 g/mol. The van der Waals surface area contributed by atoms with Crippen LogP contribution in [-0.2, 0) is 11.4 Å². The molecule has 8 nitrogen and oxygen atoms in total. The Balaban J connectivity index is 1.44. The largest absolute Gasteiger partial charge is 0.484 e. The highest BCUT2D eigenvalue weighted by atomic mass is 35.5. The van der Waals surface area contributed by atoms with E-state index in [0.717, 1.165) is 19.4 Å². The summed E-state index contributed by atoms with van der Waals surface area (Å²) >= 11 is 5.83. The number of amides is 2. The maximum atomic E-state index is 12.1. The van der Waals surface area contributed by atoms with E-state index in [-0.39, 0.29) is 24.1 Å². The van der Waals surface area contributed by atoms with Gasteiger partial charge in [-0.3, -0.25) is 14.6 Å². The lowest BCUT2D eigenvalue weighted by molar-refractivity contribution is -0.133. The molecule has 3 rings (SSSR count). The Kier molecular flexibility index (Phi) is 6.06. The second-order valence-corrected chi connectivity index (χ2v) is 6.34. The zero-order valence-corrected chi connectivity index (χ0v) is 14.9. The molecule has 0 aromatic carbocycles. The predicted octanol–water partition coefficient (Wildman–Crippen LogP) is 2.04. The number of pyridine rings is 1. The molecule has 0 unspecified atom stereocenters. The van der Waals surface area contributed by atoms with E-state index in [4.69, 9.17) is 20.9 Å². The van der Waals surface area contributed by atoms with Crippen molar-refractivity contribution in [3.05, 3.63) is 41.0 Å². The second-order valence-electron chi connectivity index (χ2n) is 5.90. The van der Waals surface area contributed by atoms with E-state index in [9.17, 15) is 9.59 Å². The predicted molar refractivity (Wildman–Crippen MR) is 92.8 cm³/mol. The molecule has 26 heavy (non-hydrogen) atoms. The van der Waals surface area contributed by atoms with E-state index in [1.54, 1.807) is 11.0 Å². The molecule has 0 saturated carbocycles. The SMILES string of the molecule is O=C(NCCN1CCCCC1=O)c1cc(COc2cncc(Cl)c2)on1. The maximum Gasteiger partial charge on any atom is 0.273 e. The number of ether oxygens (including phenoxy) is 1. The van der Waals surface area contributed by atoms with Crippen LogP contribution in [0.3, 0.4) is 0 Å². The molecule has 138 valence electrons. The van der Waals surface area contributed by atoms with Crippen molar-refractivity contribution >= 4 is 23.4 Å². The highest BCUT2D eigenvalue weighted by Gasteiger charge is 2.18. The molecule has 9 heteroatoms. The number of carbonyl (C=O) groups excluding carboxylic acids is 2. The first-order valence-electron chi connectivity index (χ1n) is 8.37. The molecule has 1 aliphatic rings. The van der Waals surface area contributed by atoms with Crippen molar-refractivity contribution in [2.75, 3.05) is 19.6 Å². The Morgan fingerprint density at radius 1 is 1.35 bits per heavy atom. The van der Waals surface area contributed by atoms with Crippen molar-refractivity contribution in [2.45, 2.75) is 25.9 Å². The van der Waals surface area contributed by atoms with Crippen LogP contribution in [0.4, 0.5) is 0 Å². The lowest BCUT2D eigenvalue weighted by atomic mass is 10.1. The first-order valence-corrected chi connectivity index (χ1v) is 8.74. The van der Waals surface area contributed by atoms with Crippen LogP contribution in [-0.4, -0.2) is 46.5 Å².